The van der Waals surface area contributed by atoms with Gasteiger partial charge in [-0.05, 0) is 36.6 Å². The summed E-state index contributed by atoms with van der Waals surface area (Å²) in [5.41, 5.74) is 2.89. The Balaban J connectivity index is 1.24. The van der Waals surface area contributed by atoms with Crippen LogP contribution in [0.3, 0.4) is 0 Å². The fourth-order valence-corrected chi connectivity index (χ4v) is 2.90. The highest BCUT2D eigenvalue weighted by atomic mass is 16.5. The molecule has 0 bridgehead atoms. The molecule has 0 amide bonds. The van der Waals surface area contributed by atoms with Gasteiger partial charge in [-0.3, -0.25) is 4.79 Å². The number of hydrogen-bond donors (Lipinski definition) is 1. The molecule has 0 saturated heterocycles. The van der Waals surface area contributed by atoms with Gasteiger partial charge in [-0.1, -0.05) is 23.4 Å². The van der Waals surface area contributed by atoms with Crippen LogP contribution in [0.1, 0.15) is 24.1 Å². The number of furan rings is 1. The number of benzene rings is 1. The van der Waals surface area contributed by atoms with E-state index in [1.54, 1.807) is 24.5 Å². The molecule has 0 radical (unpaired) electrons. The number of nitrogens with zero attached hydrogens (tertiary/aromatic N) is 1. The number of aryl methyl sites for hydroxylation is 1. The maximum Gasteiger partial charge on any atom is 0.306 e. The first kappa shape index (κ1) is 16.2. The van der Waals surface area contributed by atoms with Crippen LogP contribution < -0.4 is 0 Å². The zero-order chi connectivity index (χ0) is 17.8. The number of ether oxygens (including phenoxy) is 1. The highest BCUT2D eigenvalue weighted by Crippen LogP contribution is 2.21. The molecule has 0 spiro atoms. The molecule has 0 saturated carbocycles. The maximum absolute atomic E-state index is 11.9. The van der Waals surface area contributed by atoms with E-state index in [1.807, 2.05) is 24.4 Å². The molecule has 0 aliphatic carbocycles. The normalized spacial score (nSPS) is 11.1. The molecule has 0 aliphatic rings. The Kier molecular flexibility index (Phi) is 4.55. The van der Waals surface area contributed by atoms with Crippen LogP contribution in [0.15, 0.2) is 63.9 Å². The Labute approximate surface area is 149 Å². The number of carbonyl (C=O) groups is 1. The van der Waals surface area contributed by atoms with Crippen molar-refractivity contribution in [3.8, 4) is 11.5 Å². The second-order valence-electron chi connectivity index (χ2n) is 6.03. The van der Waals surface area contributed by atoms with Gasteiger partial charge in [0.1, 0.15) is 12.3 Å². The molecule has 0 fully saturated rings. The molecule has 1 aromatic carbocycles. The first-order valence-corrected chi connectivity index (χ1v) is 8.50. The number of aromatic nitrogens is 2. The number of hydrogen-bond acceptors (Lipinski definition) is 5. The van der Waals surface area contributed by atoms with Gasteiger partial charge in [-0.15, -0.1) is 0 Å². The summed E-state index contributed by atoms with van der Waals surface area (Å²) >= 11 is 0. The molecule has 6 nitrogen and oxygen atoms in total. The zero-order valence-corrected chi connectivity index (χ0v) is 14.1. The van der Waals surface area contributed by atoms with Crippen LogP contribution in [0.2, 0.25) is 0 Å². The van der Waals surface area contributed by atoms with Gasteiger partial charge in [0.05, 0.1) is 6.26 Å². The van der Waals surface area contributed by atoms with Gasteiger partial charge in [0.15, 0.2) is 5.76 Å². The van der Waals surface area contributed by atoms with Crippen molar-refractivity contribution in [1.29, 1.82) is 0 Å². The summed E-state index contributed by atoms with van der Waals surface area (Å²) in [5.74, 6) is 0.863. The SMILES string of the molecule is O=C(CCCc1c[nH]c2ccccc12)OCc1cc(-c2ccco2)on1. The van der Waals surface area contributed by atoms with Crippen molar-refractivity contribution in [2.45, 2.75) is 25.9 Å². The minimum absolute atomic E-state index is 0.0934. The molecule has 3 aromatic heterocycles. The lowest BCUT2D eigenvalue weighted by Crippen LogP contribution is -2.05. The van der Waals surface area contributed by atoms with Gasteiger partial charge in [-0.2, -0.15) is 0 Å². The number of aromatic amines is 1. The lowest BCUT2D eigenvalue weighted by Gasteiger charge is -2.02. The first-order chi connectivity index (χ1) is 12.8. The van der Waals surface area contributed by atoms with Crippen LogP contribution >= 0.6 is 0 Å². The number of fused-ring (bicyclic) bond motifs is 1. The molecule has 1 N–H and O–H groups in total. The van der Waals surface area contributed by atoms with Crippen molar-refractivity contribution in [3.63, 3.8) is 0 Å². The van der Waals surface area contributed by atoms with Gasteiger partial charge in [0.2, 0.25) is 5.76 Å². The third kappa shape index (κ3) is 3.54. The Morgan fingerprint density at radius 1 is 1.15 bits per heavy atom. The maximum atomic E-state index is 11.9. The van der Waals surface area contributed by atoms with Crippen LogP contribution in [0.4, 0.5) is 0 Å². The summed E-state index contributed by atoms with van der Waals surface area (Å²) in [4.78, 5) is 15.2. The van der Waals surface area contributed by atoms with E-state index in [2.05, 4.69) is 16.2 Å². The Hall–Kier alpha value is -3.28. The lowest BCUT2D eigenvalue weighted by molar-refractivity contribution is -0.145. The van der Waals surface area contributed by atoms with E-state index in [4.69, 9.17) is 13.7 Å². The number of rotatable bonds is 7. The number of H-pyrrole nitrogens is 1. The van der Waals surface area contributed by atoms with Crippen molar-refractivity contribution in [2.75, 3.05) is 0 Å². The number of nitrogens with one attached hydrogen (secondary N) is 1. The molecule has 132 valence electrons. The van der Waals surface area contributed by atoms with E-state index in [0.29, 0.717) is 23.6 Å². The minimum atomic E-state index is -0.243. The largest absolute Gasteiger partial charge is 0.461 e. The molecule has 6 heteroatoms. The molecule has 0 unspecified atom stereocenters. The topological polar surface area (TPSA) is 81.3 Å². The van der Waals surface area contributed by atoms with Crippen LogP contribution in [0.5, 0.6) is 0 Å². The standard InChI is InChI=1S/C20H18N2O4/c23-20(9-3-5-14-12-21-17-7-2-1-6-16(14)17)25-13-15-11-19(26-22-15)18-8-4-10-24-18/h1-2,4,6-8,10-12,21H,3,5,9,13H2. The highest BCUT2D eigenvalue weighted by Gasteiger charge is 2.11. The smallest absolute Gasteiger partial charge is 0.306 e. The van der Waals surface area contributed by atoms with Gasteiger partial charge in [0, 0.05) is 29.6 Å². The first-order valence-electron chi connectivity index (χ1n) is 8.50. The van der Waals surface area contributed by atoms with E-state index < -0.39 is 0 Å². The summed E-state index contributed by atoms with van der Waals surface area (Å²) in [6.07, 6.45) is 5.48. The number of carbonyl (C=O) groups excluding carboxylic acids is 1. The van der Waals surface area contributed by atoms with E-state index in [0.717, 1.165) is 18.4 Å². The van der Waals surface area contributed by atoms with Crippen molar-refractivity contribution in [2.24, 2.45) is 0 Å². The van der Waals surface area contributed by atoms with E-state index in [9.17, 15) is 4.79 Å². The monoisotopic (exact) mass is 350 g/mol. The lowest BCUT2D eigenvalue weighted by atomic mass is 10.1. The molecule has 26 heavy (non-hydrogen) atoms. The van der Waals surface area contributed by atoms with E-state index >= 15 is 0 Å². The molecular weight excluding hydrogens is 332 g/mol. The molecule has 0 aliphatic heterocycles. The van der Waals surface area contributed by atoms with Crippen LogP contribution in [-0.2, 0) is 22.6 Å². The third-order valence-electron chi connectivity index (χ3n) is 4.21. The summed E-state index contributed by atoms with van der Waals surface area (Å²) in [7, 11) is 0. The predicted octanol–water partition coefficient (Wildman–Crippen LogP) is 4.48. The van der Waals surface area contributed by atoms with Crippen molar-refractivity contribution < 1.29 is 18.5 Å². The molecule has 3 heterocycles. The van der Waals surface area contributed by atoms with Crippen LogP contribution in [-0.4, -0.2) is 16.1 Å². The summed E-state index contributed by atoms with van der Waals surface area (Å²) < 4.78 is 15.7. The van der Waals surface area contributed by atoms with Gasteiger partial charge >= 0.3 is 5.97 Å². The zero-order valence-electron chi connectivity index (χ0n) is 14.1. The summed E-state index contributed by atoms with van der Waals surface area (Å²) in [5, 5.41) is 5.09. The number of para-hydroxylation sites is 1. The fraction of sp³-hybridized carbons (Fsp3) is 0.200. The molecular formula is C20H18N2O4. The third-order valence-corrected chi connectivity index (χ3v) is 4.21. The Morgan fingerprint density at radius 3 is 2.96 bits per heavy atom. The molecule has 4 aromatic rings. The second kappa shape index (κ2) is 7.31. The van der Waals surface area contributed by atoms with Gasteiger partial charge in [-0.25, -0.2) is 0 Å². The Bertz CT molecular complexity index is 998. The predicted molar refractivity (Wildman–Crippen MR) is 95.2 cm³/mol. The van der Waals surface area contributed by atoms with Crippen LogP contribution in [0.25, 0.3) is 22.4 Å². The summed E-state index contributed by atoms with van der Waals surface area (Å²) in [6.45, 7) is 0.0934. The molecule has 4 rings (SSSR count). The van der Waals surface area contributed by atoms with Crippen molar-refractivity contribution in [3.05, 3.63) is 66.2 Å². The minimum Gasteiger partial charge on any atom is -0.461 e. The van der Waals surface area contributed by atoms with Crippen molar-refractivity contribution in [1.82, 2.24) is 10.1 Å². The summed E-state index contributed by atoms with van der Waals surface area (Å²) in [6, 6.07) is 13.4. The van der Waals surface area contributed by atoms with Crippen LogP contribution in [0, 0.1) is 0 Å². The quantitative estimate of drug-likeness (QED) is 0.497. The van der Waals surface area contributed by atoms with E-state index in [1.165, 1.54) is 10.9 Å². The van der Waals surface area contributed by atoms with Crippen molar-refractivity contribution >= 4 is 16.9 Å². The highest BCUT2D eigenvalue weighted by molar-refractivity contribution is 5.83. The Morgan fingerprint density at radius 2 is 2.08 bits per heavy atom. The average Bonchev–Trinajstić information content (AvgIpc) is 3.40. The molecule has 0 atom stereocenters. The average molecular weight is 350 g/mol. The van der Waals surface area contributed by atoms with Gasteiger partial charge in [0.25, 0.3) is 0 Å². The van der Waals surface area contributed by atoms with Gasteiger partial charge < -0.3 is 18.7 Å². The number of esters is 1. The fourth-order valence-electron chi connectivity index (χ4n) is 2.90. The van der Waals surface area contributed by atoms with E-state index in [-0.39, 0.29) is 12.6 Å². The second-order valence-corrected chi connectivity index (χ2v) is 6.03.